The molecule has 2 aromatic rings. The topological polar surface area (TPSA) is 67.4 Å². The first-order chi connectivity index (χ1) is 13.7. The highest BCUT2D eigenvalue weighted by molar-refractivity contribution is 6.04. The Labute approximate surface area is 173 Å². The number of benzene rings is 2. The van der Waals surface area contributed by atoms with Crippen molar-refractivity contribution >= 4 is 17.5 Å². The fraction of sp³-hybridized carbons (Fsp3) is 0.417. The Bertz CT molecular complexity index is 861. The first kappa shape index (κ1) is 22.5. The fourth-order valence-electron chi connectivity index (χ4n) is 2.89. The van der Waals surface area contributed by atoms with E-state index in [2.05, 4.69) is 24.5 Å². The maximum absolute atomic E-state index is 12.8. The number of carbonyl (C=O) groups is 2. The van der Waals surface area contributed by atoms with Gasteiger partial charge >= 0.3 is 0 Å². The molecule has 2 atom stereocenters. The second kappa shape index (κ2) is 10.1. The standard InChI is InChI=1S/C24H32N2O3/c1-7-17(5)25-24(28)20-10-8-9-11-21(20)26-23(27)18(6)29-22-14-16(4)12-13-19(22)15(2)3/h8-15,17-18H,7H2,1-6H3,(H,25,28)(H,26,27). The molecule has 2 aromatic carbocycles. The van der Waals surface area contributed by atoms with Crippen molar-refractivity contribution in [2.75, 3.05) is 5.32 Å². The SMILES string of the molecule is CCC(C)NC(=O)c1ccccc1NC(=O)C(C)Oc1cc(C)ccc1C(C)C. The maximum Gasteiger partial charge on any atom is 0.265 e. The lowest BCUT2D eigenvalue weighted by atomic mass is 10.0. The lowest BCUT2D eigenvalue weighted by Gasteiger charge is -2.20. The second-order valence-corrected chi connectivity index (χ2v) is 7.77. The van der Waals surface area contributed by atoms with Crippen LogP contribution in [0.5, 0.6) is 5.75 Å². The third-order valence-corrected chi connectivity index (χ3v) is 4.88. The van der Waals surface area contributed by atoms with E-state index in [4.69, 9.17) is 4.74 Å². The van der Waals surface area contributed by atoms with Gasteiger partial charge in [0, 0.05) is 6.04 Å². The summed E-state index contributed by atoms with van der Waals surface area (Å²) in [6, 6.07) is 13.1. The number of amides is 2. The number of hydrogen-bond donors (Lipinski definition) is 2. The Morgan fingerprint density at radius 2 is 1.72 bits per heavy atom. The molecule has 0 aliphatic rings. The highest BCUT2D eigenvalue weighted by Crippen LogP contribution is 2.28. The molecule has 0 aromatic heterocycles. The molecule has 0 spiro atoms. The molecule has 0 heterocycles. The van der Waals surface area contributed by atoms with Gasteiger partial charge in [0.2, 0.25) is 0 Å². The molecule has 5 heteroatoms. The lowest BCUT2D eigenvalue weighted by Crippen LogP contribution is -2.34. The first-order valence-corrected chi connectivity index (χ1v) is 10.2. The van der Waals surface area contributed by atoms with Crippen LogP contribution >= 0.6 is 0 Å². The van der Waals surface area contributed by atoms with Crippen LogP contribution < -0.4 is 15.4 Å². The van der Waals surface area contributed by atoms with Gasteiger partial charge in [0.15, 0.2) is 6.10 Å². The Morgan fingerprint density at radius 1 is 1.03 bits per heavy atom. The van der Waals surface area contributed by atoms with Gasteiger partial charge in [-0.3, -0.25) is 9.59 Å². The number of hydrogen-bond acceptors (Lipinski definition) is 3. The van der Waals surface area contributed by atoms with E-state index in [-0.39, 0.29) is 23.8 Å². The molecule has 0 bridgehead atoms. The van der Waals surface area contributed by atoms with Crippen LogP contribution in [0.25, 0.3) is 0 Å². The summed E-state index contributed by atoms with van der Waals surface area (Å²) in [5.41, 5.74) is 3.04. The largest absolute Gasteiger partial charge is 0.481 e. The molecule has 0 aliphatic heterocycles. The summed E-state index contributed by atoms with van der Waals surface area (Å²) in [6.07, 6.45) is 0.125. The molecular weight excluding hydrogens is 364 g/mol. The van der Waals surface area contributed by atoms with Gasteiger partial charge in [-0.25, -0.2) is 0 Å². The summed E-state index contributed by atoms with van der Waals surface area (Å²) in [5, 5.41) is 5.77. The third-order valence-electron chi connectivity index (χ3n) is 4.88. The van der Waals surface area contributed by atoms with Crippen LogP contribution in [-0.4, -0.2) is 24.0 Å². The molecule has 29 heavy (non-hydrogen) atoms. The zero-order chi connectivity index (χ0) is 21.6. The van der Waals surface area contributed by atoms with Gasteiger partial charge in [0.1, 0.15) is 5.75 Å². The van der Waals surface area contributed by atoms with Crippen LogP contribution in [0.3, 0.4) is 0 Å². The van der Waals surface area contributed by atoms with Gasteiger partial charge in [0.25, 0.3) is 11.8 Å². The Hall–Kier alpha value is -2.82. The zero-order valence-corrected chi connectivity index (χ0v) is 18.2. The number of aryl methyl sites for hydroxylation is 1. The Balaban J connectivity index is 2.15. The number of rotatable bonds is 8. The second-order valence-electron chi connectivity index (χ2n) is 7.77. The number of nitrogens with one attached hydrogen (secondary N) is 2. The van der Waals surface area contributed by atoms with E-state index >= 15 is 0 Å². The molecule has 156 valence electrons. The summed E-state index contributed by atoms with van der Waals surface area (Å²) < 4.78 is 5.99. The van der Waals surface area contributed by atoms with E-state index in [0.717, 1.165) is 17.5 Å². The summed E-state index contributed by atoms with van der Waals surface area (Å²) >= 11 is 0. The number of ether oxygens (including phenoxy) is 1. The molecule has 2 unspecified atom stereocenters. The minimum Gasteiger partial charge on any atom is -0.481 e. The van der Waals surface area contributed by atoms with E-state index in [1.165, 1.54) is 0 Å². The van der Waals surface area contributed by atoms with Crippen molar-refractivity contribution in [3.63, 3.8) is 0 Å². The van der Waals surface area contributed by atoms with Crippen LogP contribution in [0.2, 0.25) is 0 Å². The molecule has 2 amide bonds. The van der Waals surface area contributed by atoms with Gasteiger partial charge < -0.3 is 15.4 Å². The van der Waals surface area contributed by atoms with E-state index in [9.17, 15) is 9.59 Å². The number of anilines is 1. The Morgan fingerprint density at radius 3 is 2.38 bits per heavy atom. The van der Waals surface area contributed by atoms with Crippen LogP contribution in [0.4, 0.5) is 5.69 Å². The van der Waals surface area contributed by atoms with Crippen molar-refractivity contribution in [2.45, 2.75) is 66.0 Å². The minimum absolute atomic E-state index is 0.0595. The number of para-hydroxylation sites is 1. The summed E-state index contributed by atoms with van der Waals surface area (Å²) in [6.45, 7) is 11.8. The molecule has 0 aliphatic carbocycles. The van der Waals surface area contributed by atoms with Crippen molar-refractivity contribution in [2.24, 2.45) is 0 Å². The molecule has 0 saturated carbocycles. The van der Waals surface area contributed by atoms with Gasteiger partial charge in [-0.1, -0.05) is 45.0 Å². The summed E-state index contributed by atoms with van der Waals surface area (Å²) in [5.74, 6) is 0.492. The predicted octanol–water partition coefficient (Wildman–Crippen LogP) is 5.05. The zero-order valence-electron chi connectivity index (χ0n) is 18.2. The van der Waals surface area contributed by atoms with Gasteiger partial charge in [0.05, 0.1) is 11.3 Å². The first-order valence-electron chi connectivity index (χ1n) is 10.2. The average Bonchev–Trinajstić information content (AvgIpc) is 2.67. The summed E-state index contributed by atoms with van der Waals surface area (Å²) in [7, 11) is 0. The van der Waals surface area contributed by atoms with Crippen LogP contribution in [0.15, 0.2) is 42.5 Å². The molecular formula is C24H32N2O3. The van der Waals surface area contributed by atoms with Gasteiger partial charge in [-0.15, -0.1) is 0 Å². The normalized spacial score (nSPS) is 12.9. The van der Waals surface area contributed by atoms with E-state index in [1.54, 1.807) is 31.2 Å². The summed E-state index contributed by atoms with van der Waals surface area (Å²) in [4.78, 5) is 25.3. The smallest absolute Gasteiger partial charge is 0.265 e. The molecule has 0 fully saturated rings. The van der Waals surface area contributed by atoms with Gasteiger partial charge in [-0.2, -0.15) is 0 Å². The van der Waals surface area contributed by atoms with Crippen molar-refractivity contribution in [3.8, 4) is 5.75 Å². The van der Waals surface area contributed by atoms with Crippen molar-refractivity contribution < 1.29 is 14.3 Å². The Kier molecular flexibility index (Phi) is 7.82. The van der Waals surface area contributed by atoms with Crippen molar-refractivity contribution in [3.05, 3.63) is 59.2 Å². The van der Waals surface area contributed by atoms with Crippen LogP contribution in [0, 0.1) is 6.92 Å². The highest BCUT2D eigenvalue weighted by Gasteiger charge is 2.20. The molecule has 2 rings (SSSR count). The molecule has 5 nitrogen and oxygen atoms in total. The van der Waals surface area contributed by atoms with E-state index < -0.39 is 6.10 Å². The van der Waals surface area contributed by atoms with E-state index in [1.807, 2.05) is 39.0 Å². The van der Waals surface area contributed by atoms with Gasteiger partial charge in [-0.05, 0) is 62.4 Å². The van der Waals surface area contributed by atoms with Crippen LogP contribution in [0.1, 0.15) is 68.4 Å². The van der Waals surface area contributed by atoms with Crippen molar-refractivity contribution in [1.29, 1.82) is 0 Å². The minimum atomic E-state index is -0.708. The maximum atomic E-state index is 12.8. The number of carbonyl (C=O) groups excluding carboxylic acids is 2. The molecule has 0 radical (unpaired) electrons. The monoisotopic (exact) mass is 396 g/mol. The van der Waals surface area contributed by atoms with Crippen LogP contribution in [-0.2, 0) is 4.79 Å². The highest BCUT2D eigenvalue weighted by atomic mass is 16.5. The van der Waals surface area contributed by atoms with Crippen molar-refractivity contribution in [1.82, 2.24) is 5.32 Å². The molecule has 2 N–H and O–H groups in total. The third kappa shape index (κ3) is 6.08. The quantitative estimate of drug-likeness (QED) is 0.656. The predicted molar refractivity (Wildman–Crippen MR) is 118 cm³/mol. The fourth-order valence-corrected chi connectivity index (χ4v) is 2.89. The lowest BCUT2D eigenvalue weighted by molar-refractivity contribution is -0.122. The molecule has 0 saturated heterocycles. The average molecular weight is 397 g/mol. The van der Waals surface area contributed by atoms with E-state index in [0.29, 0.717) is 17.0 Å².